The van der Waals surface area contributed by atoms with Gasteiger partial charge in [-0.1, -0.05) is 5.16 Å². The lowest BCUT2D eigenvalue weighted by atomic mass is 9.94. The molecule has 2 fully saturated rings. The number of nitrogens with zero attached hydrogens (tertiary/aromatic N) is 3. The van der Waals surface area contributed by atoms with E-state index in [2.05, 4.69) is 15.5 Å². The number of aryl methyl sites for hydroxylation is 1. The van der Waals surface area contributed by atoms with Gasteiger partial charge >= 0.3 is 0 Å². The molecule has 0 aliphatic carbocycles. The molecule has 0 spiro atoms. The SMILES string of the molecule is Cc1nc(CC2CCCN(C(=O)[C@H]3CSCN3)C2)no1.Cl. The molecule has 3 heterocycles. The zero-order chi connectivity index (χ0) is 13.9. The van der Waals surface area contributed by atoms with Crippen LogP contribution in [-0.4, -0.2) is 51.7 Å². The number of carbonyl (C=O) groups excluding carboxylic acids is 1. The van der Waals surface area contributed by atoms with Gasteiger partial charge < -0.3 is 9.42 Å². The fraction of sp³-hybridized carbons (Fsp3) is 0.769. The number of piperidine rings is 1. The first-order chi connectivity index (χ1) is 9.72. The second-order valence-corrected chi connectivity index (χ2v) is 6.53. The van der Waals surface area contributed by atoms with Gasteiger partial charge in [-0.2, -0.15) is 4.98 Å². The molecule has 2 atom stereocenters. The summed E-state index contributed by atoms with van der Waals surface area (Å²) in [6.45, 7) is 3.50. The number of rotatable bonds is 3. The molecule has 1 unspecified atom stereocenters. The van der Waals surface area contributed by atoms with Crippen molar-refractivity contribution in [3.63, 3.8) is 0 Å². The van der Waals surface area contributed by atoms with Crippen LogP contribution in [0.5, 0.6) is 0 Å². The number of amides is 1. The van der Waals surface area contributed by atoms with Gasteiger partial charge in [-0.3, -0.25) is 10.1 Å². The molecular weight excluding hydrogens is 312 g/mol. The van der Waals surface area contributed by atoms with Crippen molar-refractivity contribution < 1.29 is 9.32 Å². The summed E-state index contributed by atoms with van der Waals surface area (Å²) in [4.78, 5) is 18.7. The Balaban J connectivity index is 0.00000161. The van der Waals surface area contributed by atoms with Crippen molar-refractivity contribution in [1.29, 1.82) is 0 Å². The van der Waals surface area contributed by atoms with Crippen molar-refractivity contribution in [1.82, 2.24) is 20.4 Å². The van der Waals surface area contributed by atoms with Crippen LogP contribution in [0.1, 0.15) is 24.6 Å². The average Bonchev–Trinajstić information content (AvgIpc) is 3.10. The van der Waals surface area contributed by atoms with E-state index in [1.807, 2.05) is 4.90 Å². The third-order valence-corrected chi connectivity index (χ3v) is 4.83. The number of likely N-dealkylation sites (tertiary alicyclic amines) is 1. The van der Waals surface area contributed by atoms with Crippen molar-refractivity contribution >= 4 is 30.1 Å². The molecule has 2 aliphatic heterocycles. The number of hydrogen-bond acceptors (Lipinski definition) is 6. The van der Waals surface area contributed by atoms with E-state index in [1.54, 1.807) is 18.7 Å². The van der Waals surface area contributed by atoms with Crippen LogP contribution in [-0.2, 0) is 11.2 Å². The number of halogens is 1. The predicted octanol–water partition coefficient (Wildman–Crippen LogP) is 1.24. The molecule has 118 valence electrons. The molecule has 2 aliphatic rings. The Bertz CT molecular complexity index is 478. The Kier molecular flexibility index (Phi) is 5.89. The van der Waals surface area contributed by atoms with Crippen LogP contribution in [0.15, 0.2) is 4.52 Å². The van der Waals surface area contributed by atoms with E-state index in [1.165, 1.54) is 0 Å². The zero-order valence-corrected chi connectivity index (χ0v) is 13.7. The van der Waals surface area contributed by atoms with Gasteiger partial charge in [0.15, 0.2) is 5.82 Å². The summed E-state index contributed by atoms with van der Waals surface area (Å²) in [7, 11) is 0. The number of hydrogen-bond donors (Lipinski definition) is 1. The number of thioether (sulfide) groups is 1. The zero-order valence-electron chi connectivity index (χ0n) is 12.1. The van der Waals surface area contributed by atoms with Crippen molar-refractivity contribution in [2.45, 2.75) is 32.2 Å². The van der Waals surface area contributed by atoms with E-state index >= 15 is 0 Å². The lowest BCUT2D eigenvalue weighted by molar-refractivity contribution is -0.134. The fourth-order valence-electron chi connectivity index (χ4n) is 2.89. The van der Waals surface area contributed by atoms with Crippen LogP contribution in [0.3, 0.4) is 0 Å². The summed E-state index contributed by atoms with van der Waals surface area (Å²) >= 11 is 1.79. The summed E-state index contributed by atoms with van der Waals surface area (Å²) in [5.74, 6) is 3.84. The normalized spacial score (nSPS) is 25.7. The van der Waals surface area contributed by atoms with E-state index in [4.69, 9.17) is 4.52 Å². The van der Waals surface area contributed by atoms with Gasteiger partial charge in [0.2, 0.25) is 11.8 Å². The second kappa shape index (κ2) is 7.47. The van der Waals surface area contributed by atoms with Gasteiger partial charge in [-0.15, -0.1) is 24.2 Å². The minimum absolute atomic E-state index is 0. The highest BCUT2D eigenvalue weighted by Gasteiger charge is 2.31. The van der Waals surface area contributed by atoms with Crippen molar-refractivity contribution in [2.24, 2.45) is 5.92 Å². The molecule has 6 nitrogen and oxygen atoms in total. The lowest BCUT2D eigenvalue weighted by Gasteiger charge is -2.33. The van der Waals surface area contributed by atoms with Crippen LogP contribution in [0, 0.1) is 12.8 Å². The first kappa shape index (κ1) is 16.6. The van der Waals surface area contributed by atoms with Gasteiger partial charge in [-0.05, 0) is 18.8 Å². The largest absolute Gasteiger partial charge is 0.341 e. The van der Waals surface area contributed by atoms with E-state index in [9.17, 15) is 4.79 Å². The highest BCUT2D eigenvalue weighted by Crippen LogP contribution is 2.22. The molecular formula is C13H21ClN4O2S. The fourth-order valence-corrected chi connectivity index (χ4v) is 3.82. The monoisotopic (exact) mass is 332 g/mol. The molecule has 21 heavy (non-hydrogen) atoms. The quantitative estimate of drug-likeness (QED) is 0.898. The maximum absolute atomic E-state index is 12.4. The van der Waals surface area contributed by atoms with Gasteiger partial charge in [0, 0.05) is 38.1 Å². The highest BCUT2D eigenvalue weighted by molar-refractivity contribution is 7.99. The van der Waals surface area contributed by atoms with Crippen LogP contribution < -0.4 is 5.32 Å². The summed E-state index contributed by atoms with van der Waals surface area (Å²) in [5, 5.41) is 7.21. The number of carbonyl (C=O) groups is 1. The van der Waals surface area contributed by atoms with Gasteiger partial charge in [0.1, 0.15) is 0 Å². The van der Waals surface area contributed by atoms with Gasteiger partial charge in [-0.25, -0.2) is 0 Å². The van der Waals surface area contributed by atoms with Crippen LogP contribution >= 0.6 is 24.2 Å². The third kappa shape index (κ3) is 4.11. The predicted molar refractivity (Wildman–Crippen MR) is 83.5 cm³/mol. The topological polar surface area (TPSA) is 71.3 Å². The maximum Gasteiger partial charge on any atom is 0.240 e. The Morgan fingerprint density at radius 2 is 2.43 bits per heavy atom. The van der Waals surface area contributed by atoms with Crippen molar-refractivity contribution in [2.75, 3.05) is 24.7 Å². The van der Waals surface area contributed by atoms with Gasteiger partial charge in [0.05, 0.1) is 6.04 Å². The van der Waals surface area contributed by atoms with Crippen LogP contribution in [0.25, 0.3) is 0 Å². The van der Waals surface area contributed by atoms with E-state index in [0.717, 1.165) is 49.8 Å². The molecule has 3 rings (SSSR count). The third-order valence-electron chi connectivity index (χ3n) is 3.89. The standard InChI is InChI=1S/C13H20N4O2S.ClH/c1-9-15-12(16-19-9)5-10-3-2-4-17(6-10)13(18)11-7-20-8-14-11;/h10-11,14H,2-8H2,1H3;1H/t10?,11-;/m1./s1. The van der Waals surface area contributed by atoms with Crippen molar-refractivity contribution in [3.8, 4) is 0 Å². The van der Waals surface area contributed by atoms with E-state index in [-0.39, 0.29) is 24.4 Å². The molecule has 1 aromatic heterocycles. The molecule has 0 bridgehead atoms. The Hall–Kier alpha value is -0.790. The summed E-state index contributed by atoms with van der Waals surface area (Å²) in [6.07, 6.45) is 2.99. The van der Waals surface area contributed by atoms with Crippen molar-refractivity contribution in [3.05, 3.63) is 11.7 Å². The van der Waals surface area contributed by atoms with E-state index in [0.29, 0.717) is 11.8 Å². The number of aromatic nitrogens is 2. The molecule has 2 saturated heterocycles. The Labute approximate surface area is 134 Å². The minimum Gasteiger partial charge on any atom is -0.341 e. The smallest absolute Gasteiger partial charge is 0.240 e. The molecule has 1 N–H and O–H groups in total. The molecule has 1 amide bonds. The maximum atomic E-state index is 12.4. The van der Waals surface area contributed by atoms with E-state index < -0.39 is 0 Å². The highest BCUT2D eigenvalue weighted by atomic mass is 35.5. The first-order valence-corrected chi connectivity index (χ1v) is 8.27. The molecule has 8 heteroatoms. The van der Waals surface area contributed by atoms with Gasteiger partial charge in [0.25, 0.3) is 0 Å². The molecule has 0 aromatic carbocycles. The summed E-state index contributed by atoms with van der Waals surface area (Å²) < 4.78 is 5.01. The second-order valence-electron chi connectivity index (χ2n) is 5.50. The average molecular weight is 333 g/mol. The molecule has 1 aromatic rings. The van der Waals surface area contributed by atoms with Crippen LogP contribution in [0.4, 0.5) is 0 Å². The molecule has 0 radical (unpaired) electrons. The Morgan fingerprint density at radius 1 is 1.57 bits per heavy atom. The summed E-state index contributed by atoms with van der Waals surface area (Å²) in [5.41, 5.74) is 0. The molecule has 0 saturated carbocycles. The number of nitrogens with one attached hydrogen (secondary N) is 1. The summed E-state index contributed by atoms with van der Waals surface area (Å²) in [6, 6.07) is 0.00571. The first-order valence-electron chi connectivity index (χ1n) is 7.11. The Morgan fingerprint density at radius 3 is 3.10 bits per heavy atom. The lowest BCUT2D eigenvalue weighted by Crippen LogP contribution is -2.49. The minimum atomic E-state index is 0. The van der Waals surface area contributed by atoms with Crippen LogP contribution in [0.2, 0.25) is 0 Å².